The van der Waals surface area contributed by atoms with Gasteiger partial charge in [0, 0.05) is 54.0 Å². The molecule has 1 aromatic heterocycles. The van der Waals surface area contributed by atoms with Crippen LogP contribution in [0.4, 0.5) is 27.3 Å². The van der Waals surface area contributed by atoms with Gasteiger partial charge >= 0.3 is 0 Å². The predicted molar refractivity (Wildman–Crippen MR) is 112 cm³/mol. The largest absolute Gasteiger partial charge is 0.372 e. The molecule has 3 heterocycles. The molecule has 1 N–H and O–H groups in total. The highest BCUT2D eigenvalue weighted by molar-refractivity contribution is 5.75. The zero-order valence-electron chi connectivity index (χ0n) is 16.1. The molecule has 0 unspecified atom stereocenters. The molecule has 2 aliphatic heterocycles. The van der Waals surface area contributed by atoms with E-state index in [1.54, 1.807) is 12.3 Å². The summed E-state index contributed by atoms with van der Waals surface area (Å²) < 4.78 is 13.9. The highest BCUT2D eigenvalue weighted by atomic mass is 19.1. The first kappa shape index (κ1) is 17.8. The van der Waals surface area contributed by atoms with Gasteiger partial charge in [-0.05, 0) is 63.5 Å². The summed E-state index contributed by atoms with van der Waals surface area (Å²) >= 11 is 0. The minimum atomic E-state index is -0.119. The Kier molecular flexibility index (Phi) is 5.01. The molecule has 5 heteroatoms. The van der Waals surface area contributed by atoms with Crippen molar-refractivity contribution < 1.29 is 4.39 Å². The Hall–Kier alpha value is -2.56. The Morgan fingerprint density at radius 1 is 1.07 bits per heavy atom. The van der Waals surface area contributed by atoms with Gasteiger partial charge < -0.3 is 15.1 Å². The van der Waals surface area contributed by atoms with Crippen LogP contribution in [0.2, 0.25) is 0 Å². The number of anilines is 4. The van der Waals surface area contributed by atoms with Crippen molar-refractivity contribution >= 4 is 29.0 Å². The van der Waals surface area contributed by atoms with Crippen LogP contribution < -0.4 is 15.1 Å². The van der Waals surface area contributed by atoms with Crippen molar-refractivity contribution in [2.45, 2.75) is 39.2 Å². The molecular weight excluding hydrogens is 339 g/mol. The first-order valence-corrected chi connectivity index (χ1v) is 9.85. The second-order valence-electron chi connectivity index (χ2n) is 7.66. The van der Waals surface area contributed by atoms with Gasteiger partial charge in [0.1, 0.15) is 11.6 Å². The average Bonchev–Trinajstić information content (AvgIpc) is 2.69. The van der Waals surface area contributed by atoms with Gasteiger partial charge in [0.05, 0.1) is 6.54 Å². The molecule has 0 radical (unpaired) electrons. The normalized spacial score (nSPS) is 17.0. The Morgan fingerprint density at radius 3 is 2.52 bits per heavy atom. The minimum absolute atomic E-state index is 0.119. The van der Waals surface area contributed by atoms with E-state index in [4.69, 9.17) is 0 Å². The second kappa shape index (κ2) is 7.59. The molecule has 1 fully saturated rings. The quantitative estimate of drug-likeness (QED) is 0.790. The summed E-state index contributed by atoms with van der Waals surface area (Å²) in [5.74, 6) is 0.660. The van der Waals surface area contributed by atoms with Gasteiger partial charge in [-0.15, -0.1) is 0 Å². The average molecular weight is 366 g/mol. The molecule has 142 valence electrons. The number of hydrogen-bond donors (Lipinski definition) is 1. The topological polar surface area (TPSA) is 31.4 Å². The molecule has 1 aromatic carbocycles. The summed E-state index contributed by atoms with van der Waals surface area (Å²) in [6.45, 7) is 6.77. The fourth-order valence-electron chi connectivity index (χ4n) is 3.86. The lowest BCUT2D eigenvalue weighted by Crippen LogP contribution is -2.34. The van der Waals surface area contributed by atoms with Gasteiger partial charge in [-0.25, -0.2) is 9.37 Å². The highest BCUT2D eigenvalue weighted by Gasteiger charge is 2.21. The van der Waals surface area contributed by atoms with Crippen LogP contribution in [0, 0.1) is 0 Å². The van der Waals surface area contributed by atoms with Crippen LogP contribution in [0.1, 0.15) is 38.7 Å². The van der Waals surface area contributed by atoms with Crippen LogP contribution in [0.3, 0.4) is 0 Å². The van der Waals surface area contributed by atoms with E-state index in [0.29, 0.717) is 6.54 Å². The van der Waals surface area contributed by atoms with Crippen molar-refractivity contribution in [3.63, 3.8) is 0 Å². The lowest BCUT2D eigenvalue weighted by molar-refractivity contribution is 0.578. The molecule has 0 spiro atoms. The monoisotopic (exact) mass is 366 g/mol. The molecular formula is C22H27FN4. The third-order valence-corrected chi connectivity index (χ3v) is 5.34. The van der Waals surface area contributed by atoms with Crippen molar-refractivity contribution in [1.29, 1.82) is 0 Å². The highest BCUT2D eigenvalue weighted by Crippen LogP contribution is 2.33. The molecule has 0 atom stereocenters. The number of aromatic nitrogens is 1. The van der Waals surface area contributed by atoms with Crippen LogP contribution in [-0.2, 0) is 0 Å². The standard InChI is InChI=1S/C22H27FN4/c1-16(2)27-15-18(23)12-17-14-24-22(13-21(17)27)25-19-6-8-20(9-7-19)26-10-4-3-5-11-26/h6-9,12-14,16H,3-5,10-11,15H2,1-2H3,(H,24,25). The summed E-state index contributed by atoms with van der Waals surface area (Å²) in [4.78, 5) is 8.99. The molecule has 0 amide bonds. The third-order valence-electron chi connectivity index (χ3n) is 5.34. The summed E-state index contributed by atoms with van der Waals surface area (Å²) in [7, 11) is 0. The molecule has 4 nitrogen and oxygen atoms in total. The number of hydrogen-bond acceptors (Lipinski definition) is 4. The zero-order valence-corrected chi connectivity index (χ0v) is 16.1. The van der Waals surface area contributed by atoms with Gasteiger partial charge in [0.15, 0.2) is 0 Å². The lowest BCUT2D eigenvalue weighted by Gasteiger charge is -2.32. The number of piperidine rings is 1. The SMILES string of the molecule is CC(C)N1CC(F)=Cc2cnc(Nc3ccc(N4CCCCC4)cc3)cc21. The van der Waals surface area contributed by atoms with Gasteiger partial charge in [-0.3, -0.25) is 0 Å². The third kappa shape index (κ3) is 3.92. The maximum Gasteiger partial charge on any atom is 0.132 e. The van der Waals surface area contributed by atoms with Crippen molar-refractivity contribution in [3.8, 4) is 0 Å². The Bertz CT molecular complexity index is 823. The van der Waals surface area contributed by atoms with Gasteiger partial charge in [-0.1, -0.05) is 0 Å². The zero-order chi connectivity index (χ0) is 18.8. The Balaban J connectivity index is 1.52. The van der Waals surface area contributed by atoms with Crippen molar-refractivity contribution in [3.05, 3.63) is 47.9 Å². The summed E-state index contributed by atoms with van der Waals surface area (Å²) in [5, 5.41) is 3.38. The molecule has 2 aliphatic rings. The number of halogens is 1. The van der Waals surface area contributed by atoms with Gasteiger partial charge in [-0.2, -0.15) is 0 Å². The second-order valence-corrected chi connectivity index (χ2v) is 7.66. The van der Waals surface area contributed by atoms with Crippen LogP contribution >= 0.6 is 0 Å². The van der Waals surface area contributed by atoms with E-state index in [0.717, 1.165) is 35.8 Å². The van der Waals surface area contributed by atoms with Crippen molar-refractivity contribution in [1.82, 2.24) is 4.98 Å². The first-order valence-electron chi connectivity index (χ1n) is 9.85. The fraction of sp³-hybridized carbons (Fsp3) is 0.409. The van der Waals surface area contributed by atoms with E-state index < -0.39 is 0 Å². The molecule has 0 saturated carbocycles. The van der Waals surface area contributed by atoms with E-state index in [9.17, 15) is 4.39 Å². The number of fused-ring (bicyclic) bond motifs is 1. The number of pyridine rings is 1. The lowest BCUT2D eigenvalue weighted by atomic mass is 10.1. The number of nitrogens with zero attached hydrogens (tertiary/aromatic N) is 3. The summed E-state index contributed by atoms with van der Waals surface area (Å²) in [6.07, 6.45) is 7.22. The van der Waals surface area contributed by atoms with Crippen LogP contribution in [0.5, 0.6) is 0 Å². The maximum atomic E-state index is 13.9. The van der Waals surface area contributed by atoms with E-state index >= 15 is 0 Å². The van der Waals surface area contributed by atoms with Crippen LogP contribution in [0.15, 0.2) is 42.4 Å². The number of rotatable bonds is 4. The molecule has 2 aromatic rings. The van der Waals surface area contributed by atoms with Gasteiger partial charge in [0.25, 0.3) is 0 Å². The Labute approximate surface area is 160 Å². The Morgan fingerprint density at radius 2 is 1.81 bits per heavy atom. The first-order chi connectivity index (χ1) is 13.1. The molecule has 4 rings (SSSR count). The molecule has 1 saturated heterocycles. The van der Waals surface area contributed by atoms with E-state index in [1.165, 1.54) is 24.9 Å². The predicted octanol–water partition coefficient (Wildman–Crippen LogP) is 5.35. The molecule has 27 heavy (non-hydrogen) atoms. The summed E-state index contributed by atoms with van der Waals surface area (Å²) in [5.41, 5.74) is 4.15. The number of benzene rings is 1. The van der Waals surface area contributed by atoms with Gasteiger partial charge in [0.2, 0.25) is 0 Å². The van der Waals surface area contributed by atoms with E-state index in [1.807, 2.05) is 6.07 Å². The van der Waals surface area contributed by atoms with Crippen molar-refractivity contribution in [2.75, 3.05) is 34.8 Å². The van der Waals surface area contributed by atoms with Crippen LogP contribution in [0.25, 0.3) is 6.08 Å². The van der Waals surface area contributed by atoms with E-state index in [2.05, 4.69) is 58.2 Å². The fourth-order valence-corrected chi connectivity index (χ4v) is 3.86. The minimum Gasteiger partial charge on any atom is -0.372 e. The smallest absolute Gasteiger partial charge is 0.132 e. The molecule has 0 bridgehead atoms. The summed E-state index contributed by atoms with van der Waals surface area (Å²) in [6, 6.07) is 10.8. The maximum absolute atomic E-state index is 13.9. The van der Waals surface area contributed by atoms with Crippen molar-refractivity contribution in [2.24, 2.45) is 0 Å². The molecule has 0 aliphatic carbocycles. The van der Waals surface area contributed by atoms with E-state index in [-0.39, 0.29) is 11.9 Å². The number of nitrogens with one attached hydrogen (secondary N) is 1. The van der Waals surface area contributed by atoms with Crippen LogP contribution in [-0.4, -0.2) is 30.7 Å².